The maximum Gasteiger partial charge on any atom is 0.239 e. The molecular weight excluding hydrogens is 351 g/mol. The molecule has 1 aliphatic rings. The van der Waals surface area contributed by atoms with Crippen LogP contribution in [0.15, 0.2) is 24.3 Å². The van der Waals surface area contributed by atoms with Crippen molar-refractivity contribution >= 4 is 36.6 Å². The van der Waals surface area contributed by atoms with Crippen molar-refractivity contribution in [3.05, 3.63) is 35.4 Å². The number of fused-ring (bicyclic) bond motifs is 1. The lowest BCUT2D eigenvalue weighted by Crippen LogP contribution is -2.46. The molecule has 1 aliphatic heterocycles. The zero-order valence-electron chi connectivity index (χ0n) is 13.8. The highest BCUT2D eigenvalue weighted by Gasteiger charge is 2.20. The standard InChI is InChI=1S/C16H24N4O2.2ClH/c1-12(9-18-16(22)10-19-15(21)8-17)20-7-6-13-4-2-3-5-14(13)11-20;;/h2-5,12H,6-11,17H2,1H3,(H,18,22)(H,19,21);2*1H. The molecule has 0 fully saturated rings. The summed E-state index contributed by atoms with van der Waals surface area (Å²) in [5.74, 6) is -0.512. The number of benzene rings is 1. The Morgan fingerprint density at radius 2 is 1.83 bits per heavy atom. The summed E-state index contributed by atoms with van der Waals surface area (Å²) in [6.07, 6.45) is 1.04. The van der Waals surface area contributed by atoms with E-state index in [1.54, 1.807) is 0 Å². The van der Waals surface area contributed by atoms with Crippen LogP contribution in [-0.4, -0.2) is 48.9 Å². The third-order valence-corrected chi connectivity index (χ3v) is 4.01. The first kappa shape index (κ1) is 22.7. The Balaban J connectivity index is 0.00000264. The van der Waals surface area contributed by atoms with E-state index in [-0.39, 0.29) is 55.8 Å². The fourth-order valence-corrected chi connectivity index (χ4v) is 2.60. The maximum atomic E-state index is 11.7. The number of rotatable bonds is 6. The number of amides is 2. The molecule has 0 bridgehead atoms. The first-order valence-electron chi connectivity index (χ1n) is 7.64. The second kappa shape index (κ2) is 11.3. The molecule has 136 valence electrons. The van der Waals surface area contributed by atoms with Gasteiger partial charge in [0, 0.05) is 25.7 Å². The lowest BCUT2D eigenvalue weighted by molar-refractivity contribution is -0.125. The summed E-state index contributed by atoms with van der Waals surface area (Å²) >= 11 is 0. The van der Waals surface area contributed by atoms with Crippen LogP contribution in [0.25, 0.3) is 0 Å². The minimum absolute atomic E-state index is 0. The number of carbonyl (C=O) groups excluding carboxylic acids is 2. The lowest BCUT2D eigenvalue weighted by Gasteiger charge is -2.33. The van der Waals surface area contributed by atoms with Crippen LogP contribution >= 0.6 is 24.8 Å². The Labute approximate surface area is 155 Å². The largest absolute Gasteiger partial charge is 0.353 e. The molecule has 8 heteroatoms. The molecule has 0 spiro atoms. The molecule has 6 nitrogen and oxygen atoms in total. The van der Waals surface area contributed by atoms with Gasteiger partial charge in [0.25, 0.3) is 0 Å². The highest BCUT2D eigenvalue weighted by Crippen LogP contribution is 2.19. The van der Waals surface area contributed by atoms with Crippen molar-refractivity contribution in [2.45, 2.75) is 25.9 Å². The van der Waals surface area contributed by atoms with Gasteiger partial charge in [0.15, 0.2) is 0 Å². The van der Waals surface area contributed by atoms with Gasteiger partial charge in [-0.2, -0.15) is 0 Å². The van der Waals surface area contributed by atoms with Gasteiger partial charge in [-0.15, -0.1) is 24.8 Å². The van der Waals surface area contributed by atoms with Gasteiger partial charge in [-0.05, 0) is 24.5 Å². The van der Waals surface area contributed by atoms with E-state index in [1.807, 2.05) is 0 Å². The normalized spacial score (nSPS) is 14.4. The van der Waals surface area contributed by atoms with Crippen molar-refractivity contribution in [3.63, 3.8) is 0 Å². The summed E-state index contributed by atoms with van der Waals surface area (Å²) in [7, 11) is 0. The monoisotopic (exact) mass is 376 g/mol. The first-order chi connectivity index (χ1) is 10.6. The number of halogens is 2. The summed E-state index contributed by atoms with van der Waals surface area (Å²) in [5.41, 5.74) is 7.95. The third-order valence-electron chi connectivity index (χ3n) is 4.01. The SMILES string of the molecule is CC(CNC(=O)CNC(=O)CN)N1CCc2ccccc2C1.Cl.Cl. The van der Waals surface area contributed by atoms with Gasteiger partial charge >= 0.3 is 0 Å². The van der Waals surface area contributed by atoms with E-state index in [9.17, 15) is 9.59 Å². The van der Waals surface area contributed by atoms with Crippen molar-refractivity contribution in [2.24, 2.45) is 5.73 Å². The second-order valence-electron chi connectivity index (χ2n) is 5.62. The van der Waals surface area contributed by atoms with E-state index in [4.69, 9.17) is 5.73 Å². The molecule has 0 saturated heterocycles. The Morgan fingerprint density at radius 1 is 1.17 bits per heavy atom. The topological polar surface area (TPSA) is 87.5 Å². The Kier molecular flexibility index (Phi) is 10.6. The maximum absolute atomic E-state index is 11.7. The molecular formula is C16H26Cl2N4O2. The number of hydrogen-bond donors (Lipinski definition) is 3. The quantitative estimate of drug-likeness (QED) is 0.673. The summed E-state index contributed by atoms with van der Waals surface area (Å²) in [4.78, 5) is 25.0. The van der Waals surface area contributed by atoms with Crippen molar-refractivity contribution in [3.8, 4) is 0 Å². The van der Waals surface area contributed by atoms with Crippen LogP contribution in [-0.2, 0) is 22.6 Å². The minimum Gasteiger partial charge on any atom is -0.353 e. The molecule has 2 amide bonds. The van der Waals surface area contributed by atoms with Crippen molar-refractivity contribution in [2.75, 3.05) is 26.2 Å². The minimum atomic E-state index is -0.323. The van der Waals surface area contributed by atoms with E-state index in [1.165, 1.54) is 11.1 Å². The highest BCUT2D eigenvalue weighted by atomic mass is 35.5. The molecule has 1 aromatic carbocycles. The van der Waals surface area contributed by atoms with Gasteiger partial charge < -0.3 is 16.4 Å². The van der Waals surface area contributed by atoms with Gasteiger partial charge in [0.1, 0.15) is 0 Å². The Bertz CT molecular complexity index is 543. The van der Waals surface area contributed by atoms with Crippen molar-refractivity contribution < 1.29 is 9.59 Å². The zero-order valence-corrected chi connectivity index (χ0v) is 15.4. The fraction of sp³-hybridized carbons (Fsp3) is 0.500. The molecule has 0 aliphatic carbocycles. The highest BCUT2D eigenvalue weighted by molar-refractivity contribution is 5.86. The summed E-state index contributed by atoms with van der Waals surface area (Å²) in [5, 5.41) is 5.31. The summed E-state index contributed by atoms with van der Waals surface area (Å²) in [6.45, 7) is 4.46. The van der Waals surface area contributed by atoms with E-state index >= 15 is 0 Å². The second-order valence-corrected chi connectivity index (χ2v) is 5.62. The van der Waals surface area contributed by atoms with E-state index in [0.29, 0.717) is 6.54 Å². The van der Waals surface area contributed by atoms with Crippen LogP contribution in [0.5, 0.6) is 0 Å². The molecule has 1 atom stereocenters. The number of carbonyl (C=O) groups is 2. The van der Waals surface area contributed by atoms with E-state index < -0.39 is 0 Å². The number of nitrogens with one attached hydrogen (secondary N) is 2. The van der Waals surface area contributed by atoms with Gasteiger partial charge in [-0.3, -0.25) is 14.5 Å². The number of nitrogens with zero attached hydrogens (tertiary/aromatic N) is 1. The average Bonchev–Trinajstić information content (AvgIpc) is 2.56. The average molecular weight is 377 g/mol. The molecule has 1 heterocycles. The molecule has 1 aromatic rings. The van der Waals surface area contributed by atoms with E-state index in [0.717, 1.165) is 19.5 Å². The van der Waals surface area contributed by atoms with Crippen LogP contribution in [0.3, 0.4) is 0 Å². The van der Waals surface area contributed by atoms with Gasteiger partial charge in [0.05, 0.1) is 13.1 Å². The predicted octanol–water partition coefficient (Wildman–Crippen LogP) is 0.468. The summed E-state index contributed by atoms with van der Waals surface area (Å²) < 4.78 is 0. The fourth-order valence-electron chi connectivity index (χ4n) is 2.60. The number of hydrogen-bond acceptors (Lipinski definition) is 4. The molecule has 24 heavy (non-hydrogen) atoms. The molecule has 4 N–H and O–H groups in total. The smallest absolute Gasteiger partial charge is 0.239 e. The lowest BCUT2D eigenvalue weighted by atomic mass is 9.99. The molecule has 1 unspecified atom stereocenters. The summed E-state index contributed by atoms with van der Waals surface area (Å²) in [6, 6.07) is 8.74. The van der Waals surface area contributed by atoms with Crippen molar-refractivity contribution in [1.29, 1.82) is 0 Å². The van der Waals surface area contributed by atoms with Crippen molar-refractivity contribution in [1.82, 2.24) is 15.5 Å². The Morgan fingerprint density at radius 3 is 2.50 bits per heavy atom. The first-order valence-corrected chi connectivity index (χ1v) is 7.64. The van der Waals surface area contributed by atoms with Gasteiger partial charge in [-0.1, -0.05) is 24.3 Å². The number of nitrogens with two attached hydrogens (primary N) is 1. The van der Waals surface area contributed by atoms with Crippen LogP contribution < -0.4 is 16.4 Å². The molecule has 0 radical (unpaired) electrons. The third kappa shape index (κ3) is 6.65. The van der Waals surface area contributed by atoms with Gasteiger partial charge in [0.2, 0.25) is 11.8 Å². The van der Waals surface area contributed by atoms with E-state index in [2.05, 4.69) is 46.7 Å². The van der Waals surface area contributed by atoms with Crippen LogP contribution in [0, 0.1) is 0 Å². The van der Waals surface area contributed by atoms with Crippen LogP contribution in [0.4, 0.5) is 0 Å². The molecule has 2 rings (SSSR count). The Hall–Kier alpha value is -1.34. The van der Waals surface area contributed by atoms with Crippen LogP contribution in [0.1, 0.15) is 18.1 Å². The van der Waals surface area contributed by atoms with Crippen LogP contribution in [0.2, 0.25) is 0 Å². The molecule has 0 saturated carbocycles. The molecule has 0 aromatic heterocycles. The zero-order chi connectivity index (χ0) is 15.9. The predicted molar refractivity (Wildman–Crippen MR) is 99.6 cm³/mol. The van der Waals surface area contributed by atoms with Gasteiger partial charge in [-0.25, -0.2) is 0 Å².